The third-order valence-electron chi connectivity index (χ3n) is 5.76. The predicted octanol–water partition coefficient (Wildman–Crippen LogP) is 2.06. The van der Waals surface area contributed by atoms with Gasteiger partial charge in [-0.2, -0.15) is 4.68 Å². The molecule has 1 fully saturated rings. The first-order valence-corrected chi connectivity index (χ1v) is 10.9. The highest BCUT2D eigenvalue weighted by Crippen LogP contribution is 2.17. The van der Waals surface area contributed by atoms with Crippen molar-refractivity contribution in [2.24, 2.45) is 4.99 Å². The standard InChI is InChI=1S/C24H29FN6O2/c1-5-27-23-20-9-19(13-29-11-16(3)33-17(4)12-29)10-28-22(20)30(24(32)31(23)26)14-18-6-7-21(25)15(2)8-18/h5-10,16-17H,1,11-14,26H2,2-4H3/t16-,17+. The minimum atomic E-state index is -0.471. The summed E-state index contributed by atoms with van der Waals surface area (Å²) >= 11 is 0. The molecule has 0 unspecified atom stereocenters. The minimum Gasteiger partial charge on any atom is -0.373 e. The van der Waals surface area contributed by atoms with Crippen molar-refractivity contribution >= 4 is 11.0 Å². The lowest BCUT2D eigenvalue weighted by Crippen LogP contribution is -2.46. The zero-order valence-corrected chi connectivity index (χ0v) is 19.2. The van der Waals surface area contributed by atoms with E-state index in [1.807, 2.05) is 6.07 Å². The first kappa shape index (κ1) is 22.9. The third kappa shape index (κ3) is 4.74. The van der Waals surface area contributed by atoms with Crippen molar-refractivity contribution in [3.8, 4) is 0 Å². The zero-order valence-electron chi connectivity index (χ0n) is 19.2. The van der Waals surface area contributed by atoms with Crippen LogP contribution in [0.1, 0.15) is 30.5 Å². The van der Waals surface area contributed by atoms with Crippen molar-refractivity contribution in [1.29, 1.82) is 0 Å². The van der Waals surface area contributed by atoms with Crippen LogP contribution in [0.2, 0.25) is 0 Å². The molecule has 1 aromatic carbocycles. The number of hydrogen-bond acceptors (Lipinski definition) is 6. The molecule has 2 aromatic heterocycles. The van der Waals surface area contributed by atoms with Crippen LogP contribution in [0, 0.1) is 12.7 Å². The van der Waals surface area contributed by atoms with Crippen molar-refractivity contribution in [3.05, 3.63) is 81.7 Å². The molecule has 1 aliphatic heterocycles. The number of nitrogen functional groups attached to an aromatic ring is 1. The number of pyridine rings is 1. The van der Waals surface area contributed by atoms with Crippen molar-refractivity contribution in [2.45, 2.75) is 46.1 Å². The van der Waals surface area contributed by atoms with E-state index in [4.69, 9.17) is 10.6 Å². The lowest BCUT2D eigenvalue weighted by atomic mass is 10.1. The quantitative estimate of drug-likeness (QED) is 0.599. The second-order valence-corrected chi connectivity index (χ2v) is 8.62. The smallest absolute Gasteiger partial charge is 0.350 e. The Morgan fingerprint density at radius 3 is 2.64 bits per heavy atom. The van der Waals surface area contributed by atoms with Gasteiger partial charge in [-0.15, -0.1) is 0 Å². The number of aromatic nitrogens is 3. The highest BCUT2D eigenvalue weighted by Gasteiger charge is 2.22. The van der Waals surface area contributed by atoms with Crippen LogP contribution < -0.4 is 17.0 Å². The lowest BCUT2D eigenvalue weighted by Gasteiger charge is -2.35. The molecule has 4 rings (SSSR count). The molecule has 33 heavy (non-hydrogen) atoms. The Balaban J connectivity index is 1.81. The molecule has 3 aromatic rings. The SMILES string of the molecule is C=CN=c1c2cc(CN3C[C@@H](C)O[C@@H](C)C3)cnc2n(Cc2ccc(F)c(C)c2)c(=O)n1N. The maximum atomic E-state index is 13.7. The second-order valence-electron chi connectivity index (χ2n) is 8.62. The first-order chi connectivity index (χ1) is 15.8. The Hall–Kier alpha value is -3.30. The summed E-state index contributed by atoms with van der Waals surface area (Å²) in [7, 11) is 0. The Bertz CT molecular complexity index is 1320. The Morgan fingerprint density at radius 2 is 1.97 bits per heavy atom. The van der Waals surface area contributed by atoms with E-state index in [1.165, 1.54) is 16.8 Å². The fourth-order valence-corrected chi connectivity index (χ4v) is 4.43. The first-order valence-electron chi connectivity index (χ1n) is 10.9. The molecule has 1 aliphatic rings. The van der Waals surface area contributed by atoms with Crippen LogP contribution in [0.3, 0.4) is 0 Å². The van der Waals surface area contributed by atoms with E-state index in [1.54, 1.807) is 25.3 Å². The van der Waals surface area contributed by atoms with Crippen LogP contribution in [0.4, 0.5) is 4.39 Å². The predicted molar refractivity (Wildman–Crippen MR) is 125 cm³/mol. The van der Waals surface area contributed by atoms with Crippen LogP contribution in [0.15, 0.2) is 53.0 Å². The molecule has 2 atom stereocenters. The van der Waals surface area contributed by atoms with Crippen LogP contribution in [0.25, 0.3) is 11.0 Å². The summed E-state index contributed by atoms with van der Waals surface area (Å²) in [6.07, 6.45) is 3.44. The van der Waals surface area contributed by atoms with E-state index in [9.17, 15) is 9.18 Å². The Labute approximate surface area is 191 Å². The van der Waals surface area contributed by atoms with E-state index in [0.29, 0.717) is 23.1 Å². The van der Waals surface area contributed by atoms with Gasteiger partial charge in [0.1, 0.15) is 11.5 Å². The molecule has 2 N–H and O–H groups in total. The van der Waals surface area contributed by atoms with Crippen molar-refractivity contribution < 1.29 is 9.13 Å². The number of rotatable bonds is 5. The maximum absolute atomic E-state index is 13.7. The van der Waals surface area contributed by atoms with Crippen LogP contribution in [-0.4, -0.2) is 44.4 Å². The molecule has 0 saturated carbocycles. The molecular weight excluding hydrogens is 423 g/mol. The topological polar surface area (TPSA) is 90.7 Å². The molecule has 0 spiro atoms. The Kier molecular flexibility index (Phi) is 6.44. The largest absolute Gasteiger partial charge is 0.373 e. The van der Waals surface area contributed by atoms with Gasteiger partial charge in [0.25, 0.3) is 0 Å². The summed E-state index contributed by atoms with van der Waals surface area (Å²) in [5, 5.41) is 0.641. The summed E-state index contributed by atoms with van der Waals surface area (Å²) in [6, 6.07) is 6.72. The van der Waals surface area contributed by atoms with Gasteiger partial charge < -0.3 is 10.6 Å². The van der Waals surface area contributed by atoms with Gasteiger partial charge in [0.05, 0.1) is 24.1 Å². The molecule has 1 saturated heterocycles. The number of aryl methyl sites for hydroxylation is 1. The van der Waals surface area contributed by atoms with Gasteiger partial charge in [-0.25, -0.2) is 19.2 Å². The van der Waals surface area contributed by atoms with Crippen LogP contribution in [0.5, 0.6) is 0 Å². The average molecular weight is 453 g/mol. The molecule has 8 nitrogen and oxygen atoms in total. The van der Waals surface area contributed by atoms with E-state index >= 15 is 0 Å². The summed E-state index contributed by atoms with van der Waals surface area (Å²) in [4.78, 5) is 24.3. The van der Waals surface area contributed by atoms with Crippen molar-refractivity contribution in [2.75, 3.05) is 18.9 Å². The fourth-order valence-electron chi connectivity index (χ4n) is 4.43. The van der Waals surface area contributed by atoms with E-state index in [0.717, 1.165) is 28.9 Å². The molecule has 0 radical (unpaired) electrons. The highest BCUT2D eigenvalue weighted by atomic mass is 19.1. The lowest BCUT2D eigenvalue weighted by molar-refractivity contribution is -0.0705. The van der Waals surface area contributed by atoms with Crippen LogP contribution >= 0.6 is 0 Å². The fraction of sp³-hybridized carbons (Fsp3) is 0.375. The molecule has 0 aliphatic carbocycles. The number of benzene rings is 1. The second kappa shape index (κ2) is 9.29. The number of ether oxygens (including phenoxy) is 1. The van der Waals surface area contributed by atoms with Gasteiger partial charge in [-0.05, 0) is 49.6 Å². The normalized spacial score (nSPS) is 19.8. The Morgan fingerprint density at radius 1 is 1.24 bits per heavy atom. The molecule has 0 bridgehead atoms. The van der Waals surface area contributed by atoms with Crippen molar-refractivity contribution in [3.63, 3.8) is 0 Å². The van der Waals surface area contributed by atoms with E-state index in [2.05, 4.69) is 35.3 Å². The van der Waals surface area contributed by atoms with Crippen LogP contribution in [-0.2, 0) is 17.8 Å². The molecular formula is C24H29FN6O2. The van der Waals surface area contributed by atoms with E-state index < -0.39 is 5.69 Å². The molecule has 3 heterocycles. The highest BCUT2D eigenvalue weighted by molar-refractivity contribution is 5.74. The molecule has 9 heteroatoms. The van der Waals surface area contributed by atoms with Gasteiger partial charge in [0.2, 0.25) is 0 Å². The zero-order chi connectivity index (χ0) is 23.7. The monoisotopic (exact) mass is 452 g/mol. The third-order valence-corrected chi connectivity index (χ3v) is 5.76. The maximum Gasteiger partial charge on any atom is 0.350 e. The number of fused-ring (bicyclic) bond motifs is 1. The van der Waals surface area contributed by atoms with Crippen molar-refractivity contribution in [1.82, 2.24) is 19.1 Å². The number of halogens is 1. The van der Waals surface area contributed by atoms with E-state index in [-0.39, 0.29) is 30.1 Å². The number of hydrogen-bond donors (Lipinski definition) is 1. The van der Waals surface area contributed by atoms with Gasteiger partial charge >= 0.3 is 5.69 Å². The average Bonchev–Trinajstić information content (AvgIpc) is 2.76. The van der Waals surface area contributed by atoms with Gasteiger partial charge in [-0.1, -0.05) is 18.7 Å². The van der Waals surface area contributed by atoms with Gasteiger partial charge in [-0.3, -0.25) is 9.47 Å². The number of nitrogens with zero attached hydrogens (tertiary/aromatic N) is 5. The summed E-state index contributed by atoms with van der Waals surface area (Å²) < 4.78 is 22.0. The minimum absolute atomic E-state index is 0.157. The van der Waals surface area contributed by atoms with Gasteiger partial charge in [0.15, 0.2) is 5.49 Å². The number of nitrogens with two attached hydrogens (primary N) is 1. The summed E-state index contributed by atoms with van der Waals surface area (Å²) in [5.74, 6) is 5.85. The number of morpholine rings is 1. The summed E-state index contributed by atoms with van der Waals surface area (Å²) in [5.41, 5.74) is 2.53. The molecule has 174 valence electrons. The van der Waals surface area contributed by atoms with Gasteiger partial charge in [0, 0.05) is 32.0 Å². The summed E-state index contributed by atoms with van der Waals surface area (Å²) in [6.45, 7) is 12.0. The molecule has 0 amide bonds.